The van der Waals surface area contributed by atoms with Crippen LogP contribution < -0.4 is 4.74 Å². The highest BCUT2D eigenvalue weighted by Gasteiger charge is 2.05. The van der Waals surface area contributed by atoms with Gasteiger partial charge in [0.25, 0.3) is 0 Å². The molecule has 1 aromatic carbocycles. The summed E-state index contributed by atoms with van der Waals surface area (Å²) in [7, 11) is 0. The minimum atomic E-state index is 0.710. The van der Waals surface area contributed by atoms with E-state index in [2.05, 4.69) is 25.6 Å². The molecule has 0 aromatic heterocycles. The molecule has 1 heteroatoms. The third-order valence-electron chi connectivity index (χ3n) is 2.15. The van der Waals surface area contributed by atoms with Crippen LogP contribution in [0.15, 0.2) is 24.8 Å². The summed E-state index contributed by atoms with van der Waals surface area (Å²) in [4.78, 5) is 0. The quantitative estimate of drug-likeness (QED) is 0.688. The highest BCUT2D eigenvalue weighted by atomic mass is 16.5. The highest BCUT2D eigenvalue weighted by Crippen LogP contribution is 2.26. The lowest BCUT2D eigenvalue weighted by Gasteiger charge is -2.12. The molecule has 0 radical (unpaired) electrons. The number of para-hydroxylation sites is 1. The number of hydrogen-bond donors (Lipinski definition) is 0. The van der Waals surface area contributed by atoms with E-state index in [0.29, 0.717) is 6.61 Å². The summed E-state index contributed by atoms with van der Waals surface area (Å²) in [6.45, 7) is 8.69. The maximum atomic E-state index is 5.64. The van der Waals surface area contributed by atoms with Crippen molar-refractivity contribution in [2.45, 2.75) is 26.7 Å². The summed E-state index contributed by atoms with van der Waals surface area (Å²) >= 11 is 0. The van der Waals surface area contributed by atoms with Crippen molar-refractivity contribution in [2.24, 2.45) is 0 Å². The third kappa shape index (κ3) is 2.38. The van der Waals surface area contributed by atoms with E-state index in [9.17, 15) is 0 Å². The zero-order valence-electron chi connectivity index (χ0n) is 9.05. The fourth-order valence-electron chi connectivity index (χ4n) is 1.55. The fourth-order valence-corrected chi connectivity index (χ4v) is 1.55. The Morgan fingerprint density at radius 2 is 2.14 bits per heavy atom. The Bertz CT molecular complexity index is 302. The summed E-state index contributed by atoms with van der Waals surface area (Å²) in [5, 5.41) is 0. The Balaban J connectivity index is 3.06. The van der Waals surface area contributed by atoms with Crippen LogP contribution in [0, 0.1) is 0 Å². The van der Waals surface area contributed by atoms with E-state index in [0.717, 1.165) is 24.2 Å². The Kier molecular flexibility index (Phi) is 4.24. The van der Waals surface area contributed by atoms with Crippen LogP contribution >= 0.6 is 0 Å². The molecule has 0 atom stereocenters. The van der Waals surface area contributed by atoms with Gasteiger partial charge in [0.1, 0.15) is 5.75 Å². The maximum Gasteiger partial charge on any atom is 0.129 e. The molecule has 0 aliphatic rings. The van der Waals surface area contributed by atoms with E-state index < -0.39 is 0 Å². The van der Waals surface area contributed by atoms with Gasteiger partial charge in [0.15, 0.2) is 0 Å². The smallest absolute Gasteiger partial charge is 0.129 e. The van der Waals surface area contributed by atoms with Gasteiger partial charge in [-0.1, -0.05) is 44.2 Å². The number of aryl methyl sites for hydroxylation is 1. The molecule has 1 aromatic rings. The summed E-state index contributed by atoms with van der Waals surface area (Å²) in [6.07, 6.45) is 4.06. The van der Waals surface area contributed by atoms with Crippen molar-refractivity contribution >= 4 is 6.08 Å². The van der Waals surface area contributed by atoms with Crippen molar-refractivity contribution in [2.75, 3.05) is 6.61 Å². The first-order valence-electron chi connectivity index (χ1n) is 5.20. The fraction of sp³-hybridized carbons (Fsp3) is 0.385. The number of ether oxygens (including phenoxy) is 1. The topological polar surface area (TPSA) is 9.23 Å². The first-order chi connectivity index (χ1) is 6.83. The van der Waals surface area contributed by atoms with Crippen LogP contribution in [0.3, 0.4) is 0 Å². The van der Waals surface area contributed by atoms with Gasteiger partial charge >= 0.3 is 0 Å². The molecule has 0 bridgehead atoms. The zero-order valence-corrected chi connectivity index (χ0v) is 9.05. The minimum absolute atomic E-state index is 0.710. The first kappa shape index (κ1) is 10.8. The van der Waals surface area contributed by atoms with E-state index in [1.807, 2.05) is 19.1 Å². The molecule has 0 unspecified atom stereocenters. The lowest BCUT2D eigenvalue weighted by Crippen LogP contribution is -1.98. The molecule has 1 rings (SSSR count). The second-order valence-electron chi connectivity index (χ2n) is 3.22. The van der Waals surface area contributed by atoms with Crippen LogP contribution in [0.1, 0.15) is 31.4 Å². The van der Waals surface area contributed by atoms with Crippen molar-refractivity contribution in [3.05, 3.63) is 35.9 Å². The van der Waals surface area contributed by atoms with Crippen molar-refractivity contribution < 1.29 is 4.74 Å². The normalized spacial score (nSPS) is 9.86. The van der Waals surface area contributed by atoms with Crippen molar-refractivity contribution in [3.63, 3.8) is 0 Å². The minimum Gasteiger partial charge on any atom is -0.493 e. The molecule has 0 fully saturated rings. The molecule has 1 nitrogen and oxygen atoms in total. The Morgan fingerprint density at radius 3 is 2.71 bits per heavy atom. The second-order valence-corrected chi connectivity index (χ2v) is 3.22. The number of benzene rings is 1. The monoisotopic (exact) mass is 190 g/mol. The number of hydrogen-bond acceptors (Lipinski definition) is 1. The van der Waals surface area contributed by atoms with Crippen LogP contribution in [-0.4, -0.2) is 6.61 Å². The second kappa shape index (κ2) is 5.48. The molecule has 14 heavy (non-hydrogen) atoms. The van der Waals surface area contributed by atoms with Crippen molar-refractivity contribution in [3.8, 4) is 5.75 Å². The van der Waals surface area contributed by atoms with E-state index in [-0.39, 0.29) is 0 Å². The third-order valence-corrected chi connectivity index (χ3v) is 2.15. The predicted octanol–water partition coefficient (Wildman–Crippen LogP) is 3.68. The number of rotatable bonds is 5. The van der Waals surface area contributed by atoms with Crippen LogP contribution in [-0.2, 0) is 6.42 Å². The average molecular weight is 190 g/mol. The lowest BCUT2D eigenvalue weighted by molar-refractivity contribution is 0.335. The largest absolute Gasteiger partial charge is 0.493 e. The van der Waals surface area contributed by atoms with Gasteiger partial charge in [-0.25, -0.2) is 0 Å². The SMILES string of the molecule is C=Cc1cccc(CCC)c1OCC. The van der Waals surface area contributed by atoms with Crippen LogP contribution in [0.5, 0.6) is 5.75 Å². The Labute approximate surface area is 86.4 Å². The maximum absolute atomic E-state index is 5.64. The average Bonchev–Trinajstić information content (AvgIpc) is 2.21. The summed E-state index contributed by atoms with van der Waals surface area (Å²) in [5.74, 6) is 1.01. The van der Waals surface area contributed by atoms with Gasteiger partial charge in [0.2, 0.25) is 0 Å². The van der Waals surface area contributed by atoms with E-state index in [1.165, 1.54) is 5.56 Å². The van der Waals surface area contributed by atoms with Crippen molar-refractivity contribution in [1.29, 1.82) is 0 Å². The predicted molar refractivity (Wildman–Crippen MR) is 61.7 cm³/mol. The van der Waals surface area contributed by atoms with E-state index >= 15 is 0 Å². The van der Waals surface area contributed by atoms with Gasteiger partial charge in [0, 0.05) is 5.56 Å². The molecule has 0 N–H and O–H groups in total. The summed E-state index contributed by atoms with van der Waals surface area (Å²) < 4.78 is 5.64. The molecular weight excluding hydrogens is 172 g/mol. The van der Waals surface area contributed by atoms with Gasteiger partial charge < -0.3 is 4.74 Å². The molecule has 0 spiro atoms. The highest BCUT2D eigenvalue weighted by molar-refractivity contribution is 5.58. The standard InChI is InChI=1S/C13H18O/c1-4-8-12-10-7-9-11(5-2)13(12)14-6-3/h5,7,9-10H,2,4,6,8H2,1,3H3. The van der Waals surface area contributed by atoms with Gasteiger partial charge in [-0.3, -0.25) is 0 Å². The van der Waals surface area contributed by atoms with Crippen LogP contribution in [0.25, 0.3) is 6.08 Å². The Morgan fingerprint density at radius 1 is 1.36 bits per heavy atom. The molecule has 0 saturated heterocycles. The lowest BCUT2D eigenvalue weighted by atomic mass is 10.0. The Hall–Kier alpha value is -1.24. The molecule has 0 heterocycles. The van der Waals surface area contributed by atoms with Crippen LogP contribution in [0.4, 0.5) is 0 Å². The van der Waals surface area contributed by atoms with E-state index in [1.54, 1.807) is 0 Å². The van der Waals surface area contributed by atoms with Gasteiger partial charge in [-0.15, -0.1) is 0 Å². The molecule has 0 aliphatic carbocycles. The van der Waals surface area contributed by atoms with Crippen molar-refractivity contribution in [1.82, 2.24) is 0 Å². The van der Waals surface area contributed by atoms with E-state index in [4.69, 9.17) is 4.74 Å². The molecule has 0 aliphatic heterocycles. The molecule has 0 saturated carbocycles. The first-order valence-corrected chi connectivity index (χ1v) is 5.20. The van der Waals surface area contributed by atoms with Gasteiger partial charge in [0.05, 0.1) is 6.61 Å². The van der Waals surface area contributed by atoms with Gasteiger partial charge in [-0.05, 0) is 18.9 Å². The molecule has 76 valence electrons. The summed E-state index contributed by atoms with van der Waals surface area (Å²) in [5.41, 5.74) is 2.38. The summed E-state index contributed by atoms with van der Waals surface area (Å²) in [6, 6.07) is 6.23. The van der Waals surface area contributed by atoms with Crippen LogP contribution in [0.2, 0.25) is 0 Å². The zero-order chi connectivity index (χ0) is 10.4. The molecule has 0 amide bonds. The molecular formula is C13H18O. The van der Waals surface area contributed by atoms with Gasteiger partial charge in [-0.2, -0.15) is 0 Å².